The quantitative estimate of drug-likeness (QED) is 0.644. The summed E-state index contributed by atoms with van der Waals surface area (Å²) in [5.41, 5.74) is 0.396. The largest absolute Gasteiger partial charge is 0.493 e. The van der Waals surface area contributed by atoms with Gasteiger partial charge in [-0.3, -0.25) is 14.9 Å². The molecule has 0 radical (unpaired) electrons. The minimum absolute atomic E-state index is 0.132. The first-order chi connectivity index (χ1) is 11.5. The first-order valence-corrected chi connectivity index (χ1v) is 7.19. The maximum atomic E-state index is 12.5. The lowest BCUT2D eigenvalue weighted by molar-refractivity contribution is -0.385. The number of carbonyl (C=O) groups is 1. The maximum Gasteiger partial charge on any atom is 0.286 e. The van der Waals surface area contributed by atoms with Gasteiger partial charge in [0.05, 0.1) is 24.7 Å². The molecule has 0 atom stereocenters. The van der Waals surface area contributed by atoms with Crippen molar-refractivity contribution in [3.63, 3.8) is 0 Å². The van der Waals surface area contributed by atoms with Crippen molar-refractivity contribution >= 4 is 17.4 Å². The summed E-state index contributed by atoms with van der Waals surface area (Å²) in [5, 5.41) is 13.8. The Bertz CT molecular complexity index is 776. The van der Waals surface area contributed by atoms with Crippen LogP contribution in [0.2, 0.25) is 0 Å². The fourth-order valence-corrected chi connectivity index (χ4v) is 2.10. The smallest absolute Gasteiger partial charge is 0.286 e. The average molecular weight is 331 g/mol. The predicted molar refractivity (Wildman–Crippen MR) is 87.7 cm³/mol. The zero-order chi connectivity index (χ0) is 17.7. The van der Waals surface area contributed by atoms with E-state index in [9.17, 15) is 14.9 Å². The molecule has 1 amide bonds. The number of carbonyl (C=O) groups excluding carboxylic acids is 1. The minimum atomic E-state index is -0.650. The van der Waals surface area contributed by atoms with Crippen molar-refractivity contribution in [3.8, 4) is 11.5 Å². The van der Waals surface area contributed by atoms with Gasteiger partial charge >= 0.3 is 0 Å². The molecule has 24 heavy (non-hydrogen) atoms. The molecule has 1 aromatic carbocycles. The van der Waals surface area contributed by atoms with Crippen LogP contribution in [0, 0.1) is 17.0 Å². The van der Waals surface area contributed by atoms with E-state index in [2.05, 4.69) is 10.3 Å². The number of hydrogen-bond donors (Lipinski definition) is 1. The summed E-state index contributed by atoms with van der Waals surface area (Å²) in [6, 6.07) is 5.91. The number of benzene rings is 1. The summed E-state index contributed by atoms with van der Waals surface area (Å²) in [4.78, 5) is 27.1. The van der Waals surface area contributed by atoms with Crippen molar-refractivity contribution in [1.82, 2.24) is 4.98 Å². The van der Waals surface area contributed by atoms with Gasteiger partial charge in [-0.05, 0) is 31.5 Å². The number of pyridine rings is 1. The van der Waals surface area contributed by atoms with Crippen LogP contribution in [0.1, 0.15) is 22.8 Å². The van der Waals surface area contributed by atoms with E-state index in [1.54, 1.807) is 25.3 Å². The molecule has 0 aliphatic heterocycles. The normalized spacial score (nSPS) is 10.1. The number of amides is 1. The molecule has 1 aromatic heterocycles. The number of nitrogens with one attached hydrogen (secondary N) is 1. The average Bonchev–Trinajstić information content (AvgIpc) is 2.54. The number of rotatable bonds is 6. The van der Waals surface area contributed by atoms with E-state index in [-0.39, 0.29) is 22.7 Å². The number of nitrogens with zero attached hydrogens (tertiary/aromatic N) is 2. The fraction of sp³-hybridized carbons (Fsp3) is 0.250. The Morgan fingerprint density at radius 2 is 2.08 bits per heavy atom. The highest BCUT2D eigenvalue weighted by Gasteiger charge is 2.25. The van der Waals surface area contributed by atoms with Crippen LogP contribution in [0.3, 0.4) is 0 Å². The number of ether oxygens (including phenoxy) is 2. The Morgan fingerprint density at radius 3 is 2.67 bits per heavy atom. The van der Waals surface area contributed by atoms with Gasteiger partial charge in [0, 0.05) is 12.3 Å². The van der Waals surface area contributed by atoms with E-state index in [0.29, 0.717) is 12.4 Å². The summed E-state index contributed by atoms with van der Waals surface area (Å²) in [7, 11) is 1.37. The van der Waals surface area contributed by atoms with Crippen LogP contribution in [0.25, 0.3) is 0 Å². The summed E-state index contributed by atoms with van der Waals surface area (Å²) >= 11 is 0. The number of aryl methyl sites for hydroxylation is 1. The lowest BCUT2D eigenvalue weighted by Crippen LogP contribution is -2.15. The number of methoxy groups -OCH3 is 1. The molecule has 0 spiro atoms. The first-order valence-electron chi connectivity index (χ1n) is 7.19. The van der Waals surface area contributed by atoms with E-state index in [4.69, 9.17) is 9.47 Å². The Balaban J connectivity index is 2.44. The zero-order valence-electron chi connectivity index (χ0n) is 13.5. The maximum absolute atomic E-state index is 12.5. The summed E-state index contributed by atoms with van der Waals surface area (Å²) < 4.78 is 10.5. The van der Waals surface area contributed by atoms with Crippen LogP contribution in [0.4, 0.5) is 11.5 Å². The van der Waals surface area contributed by atoms with Gasteiger partial charge in [0.15, 0.2) is 11.5 Å². The number of nitro benzene ring substituents is 1. The summed E-state index contributed by atoms with van der Waals surface area (Å²) in [6.45, 7) is 3.94. The van der Waals surface area contributed by atoms with Crippen LogP contribution in [-0.2, 0) is 0 Å². The van der Waals surface area contributed by atoms with Crippen molar-refractivity contribution < 1.29 is 19.2 Å². The molecule has 1 heterocycles. The summed E-state index contributed by atoms with van der Waals surface area (Å²) in [5.74, 6) is 0.105. The molecule has 0 aliphatic rings. The topological polar surface area (TPSA) is 104 Å². The predicted octanol–water partition coefficient (Wildman–Crippen LogP) is 2.96. The van der Waals surface area contributed by atoms with E-state index in [1.165, 1.54) is 19.2 Å². The van der Waals surface area contributed by atoms with Gasteiger partial charge < -0.3 is 14.8 Å². The van der Waals surface area contributed by atoms with Gasteiger partial charge in [0.2, 0.25) is 0 Å². The molecule has 0 bridgehead atoms. The summed E-state index contributed by atoms with van der Waals surface area (Å²) in [6.07, 6.45) is 1.54. The monoisotopic (exact) mass is 331 g/mol. The van der Waals surface area contributed by atoms with Crippen LogP contribution in [-0.4, -0.2) is 29.5 Å². The second-order valence-electron chi connectivity index (χ2n) is 4.88. The SMILES string of the molecule is CCOc1cc(C(=O)Nc2cc(C)ccn2)c([N+](=O)[O-])cc1OC. The van der Waals surface area contributed by atoms with E-state index >= 15 is 0 Å². The highest BCUT2D eigenvalue weighted by molar-refractivity contribution is 6.07. The van der Waals surface area contributed by atoms with Gasteiger partial charge in [0.25, 0.3) is 11.6 Å². The molecule has 0 aliphatic carbocycles. The Labute approximate surface area is 138 Å². The van der Waals surface area contributed by atoms with E-state index < -0.39 is 10.8 Å². The van der Waals surface area contributed by atoms with Gasteiger partial charge in [0.1, 0.15) is 11.4 Å². The second-order valence-corrected chi connectivity index (χ2v) is 4.88. The fourth-order valence-electron chi connectivity index (χ4n) is 2.10. The Morgan fingerprint density at radius 1 is 1.33 bits per heavy atom. The number of hydrogen-bond acceptors (Lipinski definition) is 6. The second kappa shape index (κ2) is 7.40. The molecule has 1 N–H and O–H groups in total. The molecule has 126 valence electrons. The van der Waals surface area contributed by atoms with Crippen LogP contribution >= 0.6 is 0 Å². The molecule has 8 nitrogen and oxygen atoms in total. The molecular weight excluding hydrogens is 314 g/mol. The molecule has 0 saturated carbocycles. The zero-order valence-corrected chi connectivity index (χ0v) is 13.5. The highest BCUT2D eigenvalue weighted by Crippen LogP contribution is 2.35. The lowest BCUT2D eigenvalue weighted by atomic mass is 10.1. The van der Waals surface area contributed by atoms with E-state index in [1.807, 2.05) is 6.92 Å². The molecule has 2 rings (SSSR count). The van der Waals surface area contributed by atoms with Gasteiger partial charge in [-0.2, -0.15) is 0 Å². The highest BCUT2D eigenvalue weighted by atomic mass is 16.6. The first kappa shape index (κ1) is 17.2. The van der Waals surface area contributed by atoms with Crippen LogP contribution in [0.5, 0.6) is 11.5 Å². The van der Waals surface area contributed by atoms with E-state index in [0.717, 1.165) is 5.56 Å². The molecule has 0 saturated heterocycles. The molecular formula is C16H17N3O5. The molecule has 0 fully saturated rings. The number of anilines is 1. The van der Waals surface area contributed by atoms with Crippen molar-refractivity contribution in [1.29, 1.82) is 0 Å². The Kier molecular flexibility index (Phi) is 5.31. The third-order valence-corrected chi connectivity index (χ3v) is 3.18. The van der Waals surface area contributed by atoms with Gasteiger partial charge in [-0.1, -0.05) is 0 Å². The van der Waals surface area contributed by atoms with Crippen LogP contribution in [0.15, 0.2) is 30.5 Å². The molecule has 2 aromatic rings. The number of aromatic nitrogens is 1. The van der Waals surface area contributed by atoms with Crippen molar-refractivity contribution in [2.75, 3.05) is 19.0 Å². The van der Waals surface area contributed by atoms with Gasteiger partial charge in [-0.15, -0.1) is 0 Å². The van der Waals surface area contributed by atoms with Crippen molar-refractivity contribution in [3.05, 3.63) is 51.7 Å². The third-order valence-electron chi connectivity index (χ3n) is 3.18. The van der Waals surface area contributed by atoms with Crippen molar-refractivity contribution in [2.24, 2.45) is 0 Å². The van der Waals surface area contributed by atoms with Gasteiger partial charge in [-0.25, -0.2) is 4.98 Å². The van der Waals surface area contributed by atoms with Crippen molar-refractivity contribution in [2.45, 2.75) is 13.8 Å². The lowest BCUT2D eigenvalue weighted by Gasteiger charge is -2.12. The Hall–Kier alpha value is -3.16. The van der Waals surface area contributed by atoms with Crippen LogP contribution < -0.4 is 14.8 Å². The standard InChI is InChI=1S/C16H17N3O5/c1-4-24-14-8-11(12(19(21)22)9-13(14)23-3)16(20)18-15-7-10(2)5-6-17-15/h5-9H,4H2,1-3H3,(H,17,18,20). The molecule has 8 heteroatoms. The third kappa shape index (κ3) is 3.78. The number of nitro groups is 1. The minimum Gasteiger partial charge on any atom is -0.493 e. The molecule has 0 unspecified atom stereocenters.